The van der Waals surface area contributed by atoms with Gasteiger partial charge in [0.15, 0.2) is 11.5 Å². The van der Waals surface area contributed by atoms with E-state index in [1.807, 2.05) is 0 Å². The highest BCUT2D eigenvalue weighted by Crippen LogP contribution is 2.39. The number of hydrogen-bond donors (Lipinski definition) is 1. The third-order valence-electron chi connectivity index (χ3n) is 4.79. The van der Waals surface area contributed by atoms with Gasteiger partial charge in [-0.1, -0.05) is 11.6 Å². The fourth-order valence-corrected chi connectivity index (χ4v) is 3.36. The third kappa shape index (κ3) is 5.90. The Balaban J connectivity index is 2.19. The Morgan fingerprint density at radius 3 is 1.87 bits per heavy atom. The molecule has 0 atom stereocenters. The van der Waals surface area contributed by atoms with Crippen molar-refractivity contribution in [1.29, 1.82) is 0 Å². The number of amides is 4. The minimum absolute atomic E-state index is 0.247. The van der Waals surface area contributed by atoms with Crippen LogP contribution in [-0.4, -0.2) is 63.8 Å². The van der Waals surface area contributed by atoms with Gasteiger partial charge in [-0.2, -0.15) is 14.5 Å². The van der Waals surface area contributed by atoms with E-state index in [0.717, 1.165) is 37.5 Å². The van der Waals surface area contributed by atoms with Gasteiger partial charge in [0.1, 0.15) is 5.69 Å². The molecule has 2 N–H and O–H groups in total. The lowest BCUT2D eigenvalue weighted by Gasteiger charge is -2.20. The molecule has 196 valence electrons. The van der Waals surface area contributed by atoms with E-state index in [9.17, 15) is 28.8 Å². The van der Waals surface area contributed by atoms with Gasteiger partial charge in [0.05, 0.1) is 7.05 Å². The van der Waals surface area contributed by atoms with Crippen LogP contribution in [-0.2, 0) is 19.2 Å². The quantitative estimate of drug-likeness (QED) is 0.333. The number of hydrogen-bond acceptors (Lipinski definition) is 10. The number of nitrogens with two attached hydrogens (primary N) is 1. The molecule has 0 saturated heterocycles. The van der Waals surface area contributed by atoms with E-state index in [-0.39, 0.29) is 11.3 Å². The van der Waals surface area contributed by atoms with Crippen molar-refractivity contribution < 1.29 is 47.6 Å². The van der Waals surface area contributed by atoms with Gasteiger partial charge in [0.2, 0.25) is 11.5 Å². The predicted octanol–water partition coefficient (Wildman–Crippen LogP) is 1.99. The van der Waals surface area contributed by atoms with Crippen molar-refractivity contribution in [3.8, 4) is 17.2 Å². The molecule has 2 aromatic rings. The molecular formula is C24H20ClN4O9+. The van der Waals surface area contributed by atoms with Gasteiger partial charge in [0.25, 0.3) is 11.7 Å². The largest absolute Gasteiger partial charge is 0.451 e. The summed E-state index contributed by atoms with van der Waals surface area (Å²) in [5.74, 6) is -6.33. The van der Waals surface area contributed by atoms with E-state index < -0.39 is 64.5 Å². The second kappa shape index (κ2) is 11.0. The number of aliphatic imine (C=N–C) groups is 1. The van der Waals surface area contributed by atoms with Crippen LogP contribution in [0.4, 0.5) is 10.5 Å². The number of rotatable bonds is 5. The van der Waals surface area contributed by atoms with E-state index in [4.69, 9.17) is 31.5 Å². The summed E-state index contributed by atoms with van der Waals surface area (Å²) in [4.78, 5) is 78.1. The molecule has 0 aliphatic carbocycles. The molecular weight excluding hydrogens is 524 g/mol. The maximum absolute atomic E-state index is 13.2. The van der Waals surface area contributed by atoms with Crippen molar-refractivity contribution in [1.82, 2.24) is 4.90 Å². The molecule has 0 spiro atoms. The normalized spacial score (nSPS) is 14.4. The SMILES string of the molecule is CC(=O)Oc1cc(C(=O)N=C2C(=O)N(C)C(=O)[N+](c3ccc(Cl)cc3)=C2N)cc(OC(C)=O)c1OC(C)=O. The van der Waals surface area contributed by atoms with E-state index in [2.05, 4.69) is 4.99 Å². The number of carbonyl (C=O) groups is 6. The lowest BCUT2D eigenvalue weighted by molar-refractivity contribution is -0.342. The molecule has 2 aromatic carbocycles. The van der Waals surface area contributed by atoms with Gasteiger partial charge in [-0.15, -0.1) is 0 Å². The van der Waals surface area contributed by atoms with Gasteiger partial charge in [0, 0.05) is 31.4 Å². The third-order valence-corrected chi connectivity index (χ3v) is 5.04. The number of benzene rings is 2. The van der Waals surface area contributed by atoms with Gasteiger partial charge < -0.3 is 19.9 Å². The molecule has 3 rings (SSSR count). The highest BCUT2D eigenvalue weighted by Gasteiger charge is 2.42. The summed E-state index contributed by atoms with van der Waals surface area (Å²) in [5, 5.41) is 0.384. The summed E-state index contributed by atoms with van der Waals surface area (Å²) >= 11 is 5.90. The average Bonchev–Trinajstić information content (AvgIpc) is 2.82. The molecule has 0 fully saturated rings. The lowest BCUT2D eigenvalue weighted by atomic mass is 10.1. The maximum atomic E-state index is 13.2. The van der Waals surface area contributed by atoms with Gasteiger partial charge >= 0.3 is 29.8 Å². The highest BCUT2D eigenvalue weighted by atomic mass is 35.5. The number of amidine groups is 1. The Labute approximate surface area is 220 Å². The maximum Gasteiger partial charge on any atom is 0.451 e. The Morgan fingerprint density at radius 2 is 1.39 bits per heavy atom. The number of carbonyl (C=O) groups excluding carboxylic acids is 6. The highest BCUT2D eigenvalue weighted by molar-refractivity contribution is 6.68. The van der Waals surface area contributed by atoms with Crippen molar-refractivity contribution in [2.24, 2.45) is 10.7 Å². The summed E-state index contributed by atoms with van der Waals surface area (Å²) in [7, 11) is 1.17. The minimum atomic E-state index is -1.09. The number of imide groups is 1. The molecule has 0 bridgehead atoms. The van der Waals surface area contributed by atoms with Crippen LogP contribution in [0.5, 0.6) is 17.2 Å². The smallest absolute Gasteiger partial charge is 0.423 e. The van der Waals surface area contributed by atoms with E-state index >= 15 is 0 Å². The van der Waals surface area contributed by atoms with Crippen LogP contribution < -0.4 is 19.9 Å². The molecule has 1 heterocycles. The van der Waals surface area contributed by atoms with Gasteiger partial charge in [-0.05, 0) is 36.4 Å². The Kier molecular flexibility index (Phi) is 8.01. The summed E-state index contributed by atoms with van der Waals surface area (Å²) in [6.45, 7) is 3.15. The second-order valence-corrected chi connectivity index (χ2v) is 8.13. The predicted molar refractivity (Wildman–Crippen MR) is 131 cm³/mol. The number of halogens is 1. The van der Waals surface area contributed by atoms with Crippen LogP contribution in [0.1, 0.15) is 31.1 Å². The molecule has 1 aliphatic heterocycles. The van der Waals surface area contributed by atoms with Crippen molar-refractivity contribution in [3.05, 3.63) is 47.0 Å². The van der Waals surface area contributed by atoms with E-state index in [0.29, 0.717) is 9.92 Å². The standard InChI is InChI=1S/C24H19ClN4O9/c1-11(30)36-17-9-14(10-18(37-12(2)31)20(17)38-13(3)32)22(33)27-19-21(26)29(24(35)28(4)23(19)34)16-7-5-15(25)6-8-16/h5-10,26H,1-4H3/p+1. The Hall–Kier alpha value is -4.91. The van der Waals surface area contributed by atoms with Crippen LogP contribution in [0.3, 0.4) is 0 Å². The molecule has 0 saturated carbocycles. The first-order chi connectivity index (χ1) is 17.8. The Bertz CT molecular complexity index is 1420. The molecule has 14 heteroatoms. The first-order valence-corrected chi connectivity index (χ1v) is 11.0. The lowest BCUT2D eigenvalue weighted by Crippen LogP contribution is -2.55. The van der Waals surface area contributed by atoms with E-state index in [1.165, 1.54) is 31.3 Å². The Morgan fingerprint density at radius 1 is 0.895 bits per heavy atom. The number of esters is 3. The zero-order chi connectivity index (χ0) is 28.3. The summed E-state index contributed by atoms with van der Waals surface area (Å²) in [6, 6.07) is 7.12. The van der Waals surface area contributed by atoms with Crippen molar-refractivity contribution >= 4 is 64.6 Å². The van der Waals surface area contributed by atoms with E-state index in [1.54, 1.807) is 0 Å². The number of ether oxygens (including phenoxy) is 3. The average molecular weight is 544 g/mol. The summed E-state index contributed by atoms with van der Waals surface area (Å²) in [6.07, 6.45) is 0. The molecule has 0 unspecified atom stereocenters. The summed E-state index contributed by atoms with van der Waals surface area (Å²) in [5.41, 5.74) is 5.44. The fraction of sp³-hybridized carbons (Fsp3) is 0.167. The molecule has 0 radical (unpaired) electrons. The topological polar surface area (TPSA) is 175 Å². The number of urea groups is 1. The van der Waals surface area contributed by atoms with Crippen LogP contribution in [0.15, 0.2) is 41.4 Å². The van der Waals surface area contributed by atoms with Gasteiger partial charge in [-0.3, -0.25) is 19.2 Å². The van der Waals surface area contributed by atoms with Crippen LogP contribution in [0, 0.1) is 0 Å². The van der Waals surface area contributed by atoms with Crippen molar-refractivity contribution in [2.45, 2.75) is 20.8 Å². The molecule has 38 heavy (non-hydrogen) atoms. The molecule has 0 aromatic heterocycles. The molecule has 1 aliphatic rings. The number of nitrogens with zero attached hydrogens (tertiary/aromatic N) is 3. The van der Waals surface area contributed by atoms with Crippen LogP contribution in [0.2, 0.25) is 5.02 Å². The molecule has 4 amide bonds. The zero-order valence-electron chi connectivity index (χ0n) is 20.4. The van der Waals surface area contributed by atoms with Crippen molar-refractivity contribution in [3.63, 3.8) is 0 Å². The van der Waals surface area contributed by atoms with Crippen LogP contribution >= 0.6 is 11.6 Å². The summed E-state index contributed by atoms with van der Waals surface area (Å²) < 4.78 is 16.0. The van der Waals surface area contributed by atoms with Gasteiger partial charge in [-0.25, -0.2) is 9.59 Å². The minimum Gasteiger partial charge on any atom is -0.423 e. The fourth-order valence-electron chi connectivity index (χ4n) is 3.23. The first-order valence-electron chi connectivity index (χ1n) is 10.7. The molecule has 13 nitrogen and oxygen atoms in total. The van der Waals surface area contributed by atoms with Crippen molar-refractivity contribution in [2.75, 3.05) is 7.05 Å². The first kappa shape index (κ1) is 27.7. The second-order valence-electron chi connectivity index (χ2n) is 7.69. The monoisotopic (exact) mass is 543 g/mol. The van der Waals surface area contributed by atoms with Crippen LogP contribution in [0.25, 0.3) is 0 Å². The zero-order valence-corrected chi connectivity index (χ0v) is 21.2.